The Morgan fingerprint density at radius 1 is 0.914 bits per heavy atom. The molecule has 1 unspecified atom stereocenters. The lowest BCUT2D eigenvalue weighted by atomic mass is 9.87. The molecule has 0 spiro atoms. The average molecular weight is 473 g/mol. The highest BCUT2D eigenvalue weighted by Crippen LogP contribution is 2.43. The largest absolute Gasteiger partial charge is 0.402 e. The fourth-order valence-electron chi connectivity index (χ4n) is 5.30. The summed E-state index contributed by atoms with van der Waals surface area (Å²) in [6.45, 7) is 6.09. The van der Waals surface area contributed by atoms with Crippen LogP contribution in [0.1, 0.15) is 30.1 Å². The minimum Gasteiger partial charge on any atom is -0.402 e. The number of likely N-dealkylation sites (tertiary alicyclic amines) is 1. The first-order valence-electron chi connectivity index (χ1n) is 12.5. The van der Waals surface area contributed by atoms with Crippen LogP contribution in [0.5, 0.6) is 5.75 Å². The molecule has 0 amide bonds. The minimum absolute atomic E-state index is 0.0548. The van der Waals surface area contributed by atoms with Gasteiger partial charge in [-0.05, 0) is 61.7 Å². The van der Waals surface area contributed by atoms with E-state index in [-0.39, 0.29) is 6.04 Å². The summed E-state index contributed by atoms with van der Waals surface area (Å²) in [6, 6.07) is 18.5. The second kappa shape index (κ2) is 9.81. The number of nitrogens with zero attached hydrogens (tertiary/aromatic N) is 4. The fourth-order valence-corrected chi connectivity index (χ4v) is 5.30. The number of ether oxygens (including phenoxy) is 1. The van der Waals surface area contributed by atoms with E-state index < -0.39 is 0 Å². The van der Waals surface area contributed by atoms with Gasteiger partial charge in [0.05, 0.1) is 19.3 Å². The molecule has 3 aliphatic heterocycles. The predicted molar refractivity (Wildman–Crippen MR) is 136 cm³/mol. The molecule has 6 rings (SSSR count). The van der Waals surface area contributed by atoms with Gasteiger partial charge in [-0.1, -0.05) is 30.3 Å². The van der Waals surface area contributed by atoms with E-state index in [9.17, 15) is 0 Å². The summed E-state index contributed by atoms with van der Waals surface area (Å²) in [4.78, 5) is 20.9. The van der Waals surface area contributed by atoms with E-state index >= 15 is 0 Å². The van der Waals surface area contributed by atoms with E-state index in [1.165, 1.54) is 5.56 Å². The standard InChI is InChI=1S/C27H32N6O2/c28-22-8-6-21(7-9-22)26-29-24-23(31-35-25(24)27(30-26)33-14-16-34-17-15-33)20-10-12-32(13-11-20)18-19-4-2-1-3-5-19/h1-9,20,23,31H,10-18,28H2. The van der Waals surface area contributed by atoms with Crippen molar-refractivity contribution in [1.82, 2.24) is 20.3 Å². The molecule has 8 heteroatoms. The Labute approximate surface area is 206 Å². The Kier molecular flexibility index (Phi) is 6.24. The van der Waals surface area contributed by atoms with Crippen molar-refractivity contribution in [3.63, 3.8) is 0 Å². The smallest absolute Gasteiger partial charge is 0.212 e. The molecule has 0 saturated carbocycles. The first kappa shape index (κ1) is 22.3. The molecule has 8 nitrogen and oxygen atoms in total. The predicted octanol–water partition coefficient (Wildman–Crippen LogP) is 3.41. The van der Waals surface area contributed by atoms with Gasteiger partial charge >= 0.3 is 0 Å². The van der Waals surface area contributed by atoms with Crippen LogP contribution in [0.25, 0.3) is 11.4 Å². The highest BCUT2D eigenvalue weighted by molar-refractivity contribution is 5.66. The summed E-state index contributed by atoms with van der Waals surface area (Å²) in [6.07, 6.45) is 2.20. The first-order valence-corrected chi connectivity index (χ1v) is 12.5. The number of nitrogen functional groups attached to an aromatic ring is 1. The number of piperidine rings is 1. The minimum atomic E-state index is 0.0548. The molecule has 2 saturated heterocycles. The van der Waals surface area contributed by atoms with E-state index in [1.54, 1.807) is 0 Å². The monoisotopic (exact) mass is 472 g/mol. The number of rotatable bonds is 5. The Balaban J connectivity index is 1.26. The first-order chi connectivity index (χ1) is 17.2. The molecule has 182 valence electrons. The van der Waals surface area contributed by atoms with E-state index in [1.807, 2.05) is 24.3 Å². The van der Waals surface area contributed by atoms with Gasteiger partial charge in [-0.25, -0.2) is 9.97 Å². The van der Waals surface area contributed by atoms with Crippen LogP contribution in [0.3, 0.4) is 0 Å². The van der Waals surface area contributed by atoms with Crippen LogP contribution < -0.4 is 21.0 Å². The topological polar surface area (TPSA) is 88.8 Å². The molecule has 1 aromatic heterocycles. The number of anilines is 2. The molecular formula is C27H32N6O2. The fraction of sp³-hybridized carbons (Fsp3) is 0.407. The lowest BCUT2D eigenvalue weighted by Gasteiger charge is -2.34. The van der Waals surface area contributed by atoms with Crippen molar-refractivity contribution >= 4 is 11.5 Å². The van der Waals surface area contributed by atoms with Crippen LogP contribution in [0.15, 0.2) is 54.6 Å². The maximum Gasteiger partial charge on any atom is 0.212 e. The number of fused-ring (bicyclic) bond motifs is 1. The van der Waals surface area contributed by atoms with Gasteiger partial charge in [0.15, 0.2) is 11.6 Å². The molecule has 3 aliphatic rings. The van der Waals surface area contributed by atoms with Gasteiger partial charge in [0, 0.05) is 30.9 Å². The van der Waals surface area contributed by atoms with Gasteiger partial charge < -0.3 is 20.2 Å². The summed E-state index contributed by atoms with van der Waals surface area (Å²) in [5.41, 5.74) is 13.3. The summed E-state index contributed by atoms with van der Waals surface area (Å²) in [7, 11) is 0. The zero-order valence-electron chi connectivity index (χ0n) is 19.9. The highest BCUT2D eigenvalue weighted by atomic mass is 16.7. The maximum atomic E-state index is 6.09. The van der Waals surface area contributed by atoms with Crippen LogP contribution >= 0.6 is 0 Å². The number of nitrogens with two attached hydrogens (primary N) is 1. The molecule has 0 radical (unpaired) electrons. The van der Waals surface area contributed by atoms with Gasteiger partial charge in [0.2, 0.25) is 5.75 Å². The van der Waals surface area contributed by atoms with Crippen LogP contribution in [0.2, 0.25) is 0 Å². The lowest BCUT2D eigenvalue weighted by Crippen LogP contribution is -2.37. The third-order valence-electron chi connectivity index (χ3n) is 7.29. The summed E-state index contributed by atoms with van der Waals surface area (Å²) in [5, 5.41) is 0. The van der Waals surface area contributed by atoms with Gasteiger partial charge in [0.25, 0.3) is 0 Å². The van der Waals surface area contributed by atoms with Crippen molar-refractivity contribution in [2.75, 3.05) is 50.0 Å². The van der Waals surface area contributed by atoms with Gasteiger partial charge in [0.1, 0.15) is 5.69 Å². The molecule has 3 aromatic rings. The van der Waals surface area contributed by atoms with E-state index in [0.717, 1.165) is 74.1 Å². The number of morpholine rings is 1. The Hall–Kier alpha value is -3.20. The lowest BCUT2D eigenvalue weighted by molar-refractivity contribution is 0.107. The molecule has 3 N–H and O–H groups in total. The molecule has 0 aliphatic carbocycles. The number of hydrogen-bond donors (Lipinski definition) is 2. The number of benzene rings is 2. The van der Waals surface area contributed by atoms with Crippen molar-refractivity contribution in [1.29, 1.82) is 0 Å². The molecule has 2 aromatic carbocycles. The van der Waals surface area contributed by atoms with Crippen molar-refractivity contribution < 1.29 is 9.57 Å². The summed E-state index contributed by atoms with van der Waals surface area (Å²) < 4.78 is 5.58. The molecule has 2 fully saturated rings. The normalized spacial score (nSPS) is 21.0. The Morgan fingerprint density at radius 2 is 1.66 bits per heavy atom. The Morgan fingerprint density at radius 3 is 2.40 bits per heavy atom. The molecule has 4 heterocycles. The van der Waals surface area contributed by atoms with Crippen LogP contribution in [-0.2, 0) is 11.3 Å². The molecule has 1 atom stereocenters. The van der Waals surface area contributed by atoms with Crippen molar-refractivity contribution in [3.8, 4) is 17.1 Å². The number of aromatic nitrogens is 2. The third kappa shape index (κ3) is 4.69. The van der Waals surface area contributed by atoms with Gasteiger partial charge in [-0.15, -0.1) is 5.48 Å². The number of nitrogens with one attached hydrogen (secondary N) is 1. The Bertz CT molecular complexity index is 1140. The van der Waals surface area contributed by atoms with Crippen molar-refractivity contribution in [3.05, 3.63) is 65.9 Å². The van der Waals surface area contributed by atoms with Gasteiger partial charge in [-0.2, -0.15) is 0 Å². The number of hydroxylamine groups is 1. The zero-order valence-corrected chi connectivity index (χ0v) is 19.9. The summed E-state index contributed by atoms with van der Waals surface area (Å²) in [5.74, 6) is 2.78. The van der Waals surface area contributed by atoms with E-state index in [0.29, 0.717) is 25.0 Å². The highest BCUT2D eigenvalue weighted by Gasteiger charge is 2.38. The summed E-state index contributed by atoms with van der Waals surface area (Å²) >= 11 is 0. The van der Waals surface area contributed by atoms with E-state index in [2.05, 4.69) is 45.6 Å². The number of hydrogen-bond acceptors (Lipinski definition) is 8. The van der Waals surface area contributed by atoms with E-state index in [4.69, 9.17) is 25.3 Å². The quantitative estimate of drug-likeness (QED) is 0.546. The van der Waals surface area contributed by atoms with Crippen molar-refractivity contribution in [2.24, 2.45) is 5.92 Å². The molecular weight excluding hydrogens is 440 g/mol. The van der Waals surface area contributed by atoms with Crippen LogP contribution in [0.4, 0.5) is 11.5 Å². The average Bonchev–Trinajstić information content (AvgIpc) is 3.34. The molecule has 35 heavy (non-hydrogen) atoms. The zero-order chi connectivity index (χ0) is 23.6. The second-order valence-electron chi connectivity index (χ2n) is 9.60. The van der Waals surface area contributed by atoms with Crippen LogP contribution in [0, 0.1) is 5.92 Å². The third-order valence-corrected chi connectivity index (χ3v) is 7.29. The van der Waals surface area contributed by atoms with Crippen LogP contribution in [-0.4, -0.2) is 54.3 Å². The SMILES string of the molecule is Nc1ccc(-c2nc3c(c(N4CCOCC4)n2)ONC3C2CCN(Cc3ccccc3)CC2)cc1. The maximum absolute atomic E-state index is 6.09. The molecule has 0 bridgehead atoms. The second-order valence-corrected chi connectivity index (χ2v) is 9.60. The van der Waals surface area contributed by atoms with Crippen molar-refractivity contribution in [2.45, 2.75) is 25.4 Å². The van der Waals surface area contributed by atoms with Gasteiger partial charge in [-0.3, -0.25) is 4.90 Å².